The fourth-order valence-electron chi connectivity index (χ4n) is 1.57. The molecule has 2 rings (SSSR count). The number of nitrogens with one attached hydrogen (secondary N) is 1. The highest BCUT2D eigenvalue weighted by molar-refractivity contribution is 6.41. The van der Waals surface area contributed by atoms with Gasteiger partial charge in [0.1, 0.15) is 0 Å². The number of rotatable bonds is 3. The minimum atomic E-state index is 0.525. The Labute approximate surface area is 115 Å². The zero-order valence-corrected chi connectivity index (χ0v) is 11.4. The summed E-state index contributed by atoms with van der Waals surface area (Å²) in [4.78, 5) is 0. The molecule has 1 N–H and O–H groups in total. The summed E-state index contributed by atoms with van der Waals surface area (Å²) in [6.07, 6.45) is 1.99. The number of nitrogens with zero attached hydrogens (tertiary/aromatic N) is 1. The van der Waals surface area contributed by atoms with Crippen molar-refractivity contribution in [3.8, 4) is 0 Å². The molecule has 90 valence electrons. The van der Waals surface area contributed by atoms with Crippen LogP contribution >= 0.6 is 34.8 Å². The maximum atomic E-state index is 6.08. The van der Waals surface area contributed by atoms with Gasteiger partial charge in [0.05, 0.1) is 22.3 Å². The van der Waals surface area contributed by atoms with Crippen LogP contribution in [0.2, 0.25) is 15.1 Å². The number of aromatic nitrogens is 1. The lowest BCUT2D eigenvalue weighted by atomic mass is 10.3. The average Bonchev–Trinajstić information content (AvgIpc) is 2.62. The average molecular weight is 290 g/mol. The monoisotopic (exact) mass is 288 g/mol. The number of anilines is 1. The molecule has 0 saturated carbocycles. The zero-order chi connectivity index (χ0) is 12.4. The molecule has 0 atom stereocenters. The van der Waals surface area contributed by atoms with Gasteiger partial charge in [-0.3, -0.25) is 0 Å². The van der Waals surface area contributed by atoms with Crippen LogP contribution in [0.25, 0.3) is 0 Å². The maximum Gasteiger partial charge on any atom is 0.0723 e. The molecule has 1 aromatic carbocycles. The maximum absolute atomic E-state index is 6.08. The quantitative estimate of drug-likeness (QED) is 0.874. The highest BCUT2D eigenvalue weighted by atomic mass is 35.5. The summed E-state index contributed by atoms with van der Waals surface area (Å²) in [6.45, 7) is 0.657. The van der Waals surface area contributed by atoms with E-state index in [1.165, 1.54) is 0 Å². The summed E-state index contributed by atoms with van der Waals surface area (Å²) in [5, 5.41) is 4.79. The second-order valence-corrected chi connectivity index (χ2v) is 4.96. The normalized spacial score (nSPS) is 10.6. The first-order chi connectivity index (χ1) is 8.08. The Morgan fingerprint density at radius 2 is 1.82 bits per heavy atom. The zero-order valence-electron chi connectivity index (χ0n) is 9.17. The lowest BCUT2D eigenvalue weighted by molar-refractivity contribution is 0.842. The Hall–Kier alpha value is -0.830. The Morgan fingerprint density at radius 1 is 1.18 bits per heavy atom. The molecule has 0 spiro atoms. The third-order valence-electron chi connectivity index (χ3n) is 2.50. The Kier molecular flexibility index (Phi) is 3.87. The summed E-state index contributed by atoms with van der Waals surface area (Å²) in [6, 6.07) is 7.36. The van der Waals surface area contributed by atoms with E-state index in [2.05, 4.69) is 5.32 Å². The van der Waals surface area contributed by atoms with E-state index < -0.39 is 0 Å². The molecule has 0 saturated heterocycles. The smallest absolute Gasteiger partial charge is 0.0723 e. The first-order valence-corrected chi connectivity index (χ1v) is 6.20. The molecule has 5 heteroatoms. The van der Waals surface area contributed by atoms with Crippen LogP contribution in [0.1, 0.15) is 5.69 Å². The molecule has 0 fully saturated rings. The van der Waals surface area contributed by atoms with E-state index in [1.807, 2.05) is 29.9 Å². The van der Waals surface area contributed by atoms with E-state index in [1.54, 1.807) is 12.1 Å². The molecule has 0 amide bonds. The SMILES string of the molecule is Cn1cccc1CNc1c(Cl)cc(Cl)cc1Cl. The van der Waals surface area contributed by atoms with Gasteiger partial charge in [0.25, 0.3) is 0 Å². The number of aryl methyl sites for hydroxylation is 1. The van der Waals surface area contributed by atoms with E-state index in [4.69, 9.17) is 34.8 Å². The fourth-order valence-corrected chi connectivity index (χ4v) is 2.52. The second kappa shape index (κ2) is 5.21. The van der Waals surface area contributed by atoms with E-state index in [-0.39, 0.29) is 0 Å². The van der Waals surface area contributed by atoms with Crippen molar-refractivity contribution in [1.82, 2.24) is 4.57 Å². The lowest BCUT2D eigenvalue weighted by Crippen LogP contribution is -2.04. The van der Waals surface area contributed by atoms with Crippen LogP contribution in [0, 0.1) is 0 Å². The summed E-state index contributed by atoms with van der Waals surface area (Å²) in [5.74, 6) is 0. The molecule has 1 heterocycles. The molecule has 0 unspecified atom stereocenters. The Balaban J connectivity index is 2.17. The van der Waals surface area contributed by atoms with Crippen molar-refractivity contribution in [1.29, 1.82) is 0 Å². The second-order valence-electron chi connectivity index (χ2n) is 3.71. The van der Waals surface area contributed by atoms with E-state index >= 15 is 0 Å². The summed E-state index contributed by atoms with van der Waals surface area (Å²) < 4.78 is 2.03. The third kappa shape index (κ3) is 2.89. The predicted octanol–water partition coefficient (Wildman–Crippen LogP) is 4.60. The Morgan fingerprint density at radius 3 is 2.35 bits per heavy atom. The Bertz CT molecular complexity index is 511. The molecular weight excluding hydrogens is 279 g/mol. The van der Waals surface area contributed by atoms with Gasteiger partial charge in [-0.2, -0.15) is 0 Å². The largest absolute Gasteiger partial charge is 0.377 e. The number of halogens is 3. The first-order valence-electron chi connectivity index (χ1n) is 5.06. The van der Waals surface area contributed by atoms with Crippen LogP contribution in [-0.2, 0) is 13.6 Å². The highest BCUT2D eigenvalue weighted by Gasteiger charge is 2.07. The first kappa shape index (κ1) is 12.6. The van der Waals surface area contributed by atoms with Gasteiger partial charge < -0.3 is 9.88 Å². The molecule has 2 aromatic rings. The molecule has 0 aliphatic carbocycles. The van der Waals surface area contributed by atoms with Gasteiger partial charge in [0.2, 0.25) is 0 Å². The molecule has 0 aliphatic rings. The summed E-state index contributed by atoms with van der Waals surface area (Å²) >= 11 is 18.0. The van der Waals surface area contributed by atoms with E-state index in [9.17, 15) is 0 Å². The van der Waals surface area contributed by atoms with Crippen LogP contribution < -0.4 is 5.32 Å². The minimum Gasteiger partial charge on any atom is -0.377 e. The van der Waals surface area contributed by atoms with Gasteiger partial charge in [-0.15, -0.1) is 0 Å². The van der Waals surface area contributed by atoms with Crippen LogP contribution in [0.5, 0.6) is 0 Å². The topological polar surface area (TPSA) is 17.0 Å². The van der Waals surface area contributed by atoms with Crippen LogP contribution in [-0.4, -0.2) is 4.57 Å². The molecule has 0 radical (unpaired) electrons. The van der Waals surface area contributed by atoms with Crippen molar-refractivity contribution in [3.05, 3.63) is 51.2 Å². The summed E-state index contributed by atoms with van der Waals surface area (Å²) in [7, 11) is 1.99. The van der Waals surface area contributed by atoms with Crippen LogP contribution in [0.15, 0.2) is 30.5 Å². The number of hydrogen-bond acceptors (Lipinski definition) is 1. The van der Waals surface area contributed by atoms with Crippen LogP contribution in [0.3, 0.4) is 0 Å². The van der Waals surface area contributed by atoms with Gasteiger partial charge in [0.15, 0.2) is 0 Å². The highest BCUT2D eigenvalue weighted by Crippen LogP contribution is 2.33. The van der Waals surface area contributed by atoms with Crippen molar-refractivity contribution in [3.63, 3.8) is 0 Å². The summed E-state index contributed by atoms with van der Waals surface area (Å²) in [5.41, 5.74) is 1.85. The molecule has 17 heavy (non-hydrogen) atoms. The number of hydrogen-bond donors (Lipinski definition) is 1. The van der Waals surface area contributed by atoms with Crippen molar-refractivity contribution >= 4 is 40.5 Å². The van der Waals surface area contributed by atoms with E-state index in [0.29, 0.717) is 27.3 Å². The van der Waals surface area contributed by atoms with Crippen molar-refractivity contribution in [2.75, 3.05) is 5.32 Å². The fraction of sp³-hybridized carbons (Fsp3) is 0.167. The molecule has 2 nitrogen and oxygen atoms in total. The van der Waals surface area contributed by atoms with Gasteiger partial charge >= 0.3 is 0 Å². The van der Waals surface area contributed by atoms with E-state index in [0.717, 1.165) is 5.69 Å². The number of benzene rings is 1. The van der Waals surface area contributed by atoms with Gasteiger partial charge in [0, 0.05) is 24.0 Å². The minimum absolute atomic E-state index is 0.525. The molecule has 0 aliphatic heterocycles. The van der Waals surface area contributed by atoms with Gasteiger partial charge in [-0.25, -0.2) is 0 Å². The van der Waals surface area contributed by atoms with Gasteiger partial charge in [-0.1, -0.05) is 34.8 Å². The standard InChI is InChI=1S/C12H11Cl3N2/c1-17-4-2-3-9(17)7-16-12-10(14)5-8(13)6-11(12)15/h2-6,16H,7H2,1H3. The van der Waals surface area contributed by atoms with Crippen molar-refractivity contribution in [2.45, 2.75) is 6.54 Å². The molecule has 1 aromatic heterocycles. The molecular formula is C12H11Cl3N2. The molecule has 0 bridgehead atoms. The van der Waals surface area contributed by atoms with Crippen LogP contribution in [0.4, 0.5) is 5.69 Å². The van der Waals surface area contributed by atoms with Crippen molar-refractivity contribution < 1.29 is 0 Å². The van der Waals surface area contributed by atoms with Crippen molar-refractivity contribution in [2.24, 2.45) is 7.05 Å². The lowest BCUT2D eigenvalue weighted by Gasteiger charge is -2.11. The van der Waals surface area contributed by atoms with Gasteiger partial charge in [-0.05, 0) is 24.3 Å². The predicted molar refractivity (Wildman–Crippen MR) is 74.2 cm³/mol. The third-order valence-corrected chi connectivity index (χ3v) is 3.32.